The highest BCUT2D eigenvalue weighted by Crippen LogP contribution is 2.20. The standard InChI is InChI=1S/C25H33ClN2O2/c1-6-22(24(30)27-25(3,4)5)28(17-20-13-8-7-11-18(20)2)23(29)16-15-19-12-9-10-14-21(19)26/h7-14,22H,6,15-17H2,1-5H3,(H,27,30)/t22-/m1/s1. The van der Waals surface area contributed by atoms with Crippen molar-refractivity contribution in [2.45, 2.75) is 72.0 Å². The molecule has 0 spiro atoms. The highest BCUT2D eigenvalue weighted by Gasteiger charge is 2.30. The van der Waals surface area contributed by atoms with Crippen LogP contribution in [-0.4, -0.2) is 28.3 Å². The molecule has 30 heavy (non-hydrogen) atoms. The Morgan fingerprint density at radius 2 is 1.63 bits per heavy atom. The monoisotopic (exact) mass is 428 g/mol. The number of hydrogen-bond donors (Lipinski definition) is 1. The lowest BCUT2D eigenvalue weighted by molar-refractivity contribution is -0.142. The number of nitrogens with zero attached hydrogens (tertiary/aromatic N) is 1. The fourth-order valence-corrected chi connectivity index (χ4v) is 3.66. The van der Waals surface area contributed by atoms with Crippen LogP contribution < -0.4 is 5.32 Å². The van der Waals surface area contributed by atoms with E-state index in [1.54, 1.807) is 4.90 Å². The van der Waals surface area contributed by atoms with E-state index in [0.717, 1.165) is 16.7 Å². The normalized spacial score (nSPS) is 12.3. The molecule has 2 amide bonds. The zero-order chi connectivity index (χ0) is 22.3. The Morgan fingerprint density at radius 3 is 2.20 bits per heavy atom. The van der Waals surface area contributed by atoms with E-state index in [2.05, 4.69) is 5.32 Å². The van der Waals surface area contributed by atoms with Gasteiger partial charge in [0.2, 0.25) is 11.8 Å². The molecule has 0 bridgehead atoms. The fraction of sp³-hybridized carbons (Fsp3) is 0.440. The van der Waals surface area contributed by atoms with Gasteiger partial charge in [-0.3, -0.25) is 9.59 Å². The van der Waals surface area contributed by atoms with E-state index in [1.165, 1.54) is 0 Å². The van der Waals surface area contributed by atoms with Gasteiger partial charge < -0.3 is 10.2 Å². The number of aryl methyl sites for hydroxylation is 2. The van der Waals surface area contributed by atoms with Crippen LogP contribution >= 0.6 is 11.6 Å². The molecule has 0 aliphatic carbocycles. The summed E-state index contributed by atoms with van der Waals surface area (Å²) >= 11 is 6.26. The predicted octanol–water partition coefficient (Wildman–Crippen LogP) is 5.30. The van der Waals surface area contributed by atoms with Gasteiger partial charge >= 0.3 is 0 Å². The summed E-state index contributed by atoms with van der Waals surface area (Å²) in [6.45, 7) is 10.2. The van der Waals surface area contributed by atoms with E-state index in [9.17, 15) is 9.59 Å². The molecular formula is C25H33ClN2O2. The van der Waals surface area contributed by atoms with Crippen molar-refractivity contribution >= 4 is 23.4 Å². The molecule has 0 saturated heterocycles. The third-order valence-electron chi connectivity index (χ3n) is 5.05. The van der Waals surface area contributed by atoms with Crippen molar-refractivity contribution in [3.8, 4) is 0 Å². The number of nitrogens with one attached hydrogen (secondary N) is 1. The lowest BCUT2D eigenvalue weighted by Crippen LogP contribution is -2.53. The summed E-state index contributed by atoms with van der Waals surface area (Å²) in [5.41, 5.74) is 2.73. The molecule has 2 aromatic carbocycles. The molecule has 2 rings (SSSR count). The number of benzene rings is 2. The van der Waals surface area contributed by atoms with Crippen LogP contribution in [0.4, 0.5) is 0 Å². The van der Waals surface area contributed by atoms with E-state index in [1.807, 2.05) is 83.1 Å². The summed E-state index contributed by atoms with van der Waals surface area (Å²) in [5.74, 6) is -0.168. The van der Waals surface area contributed by atoms with Crippen LogP contribution in [0.25, 0.3) is 0 Å². The fourth-order valence-electron chi connectivity index (χ4n) is 3.43. The summed E-state index contributed by atoms with van der Waals surface area (Å²) in [5, 5.41) is 3.70. The average Bonchev–Trinajstić information content (AvgIpc) is 2.67. The maximum absolute atomic E-state index is 13.3. The van der Waals surface area contributed by atoms with Crippen LogP contribution in [0.5, 0.6) is 0 Å². The minimum Gasteiger partial charge on any atom is -0.350 e. The number of amides is 2. The molecule has 4 nitrogen and oxygen atoms in total. The van der Waals surface area contributed by atoms with Crippen LogP contribution in [0.1, 0.15) is 57.2 Å². The van der Waals surface area contributed by atoms with E-state index in [4.69, 9.17) is 11.6 Å². The largest absolute Gasteiger partial charge is 0.350 e. The van der Waals surface area contributed by atoms with Crippen molar-refractivity contribution in [3.63, 3.8) is 0 Å². The van der Waals surface area contributed by atoms with Crippen molar-refractivity contribution in [2.75, 3.05) is 0 Å². The molecule has 5 heteroatoms. The SMILES string of the molecule is CC[C@H](C(=O)NC(C)(C)C)N(Cc1ccccc1C)C(=O)CCc1ccccc1Cl. The lowest BCUT2D eigenvalue weighted by atomic mass is 10.0. The van der Waals surface area contributed by atoms with E-state index in [0.29, 0.717) is 30.8 Å². The Labute approximate surface area is 185 Å². The minimum atomic E-state index is -0.525. The highest BCUT2D eigenvalue weighted by molar-refractivity contribution is 6.31. The first-order valence-electron chi connectivity index (χ1n) is 10.5. The summed E-state index contributed by atoms with van der Waals surface area (Å²) in [6.07, 6.45) is 1.39. The second kappa shape index (κ2) is 10.6. The summed E-state index contributed by atoms with van der Waals surface area (Å²) < 4.78 is 0. The third kappa shape index (κ3) is 6.88. The summed E-state index contributed by atoms with van der Waals surface area (Å²) in [6, 6.07) is 15.0. The second-order valence-corrected chi connectivity index (χ2v) is 9.11. The van der Waals surface area contributed by atoms with Gasteiger partial charge in [-0.1, -0.05) is 61.0 Å². The van der Waals surface area contributed by atoms with Gasteiger partial charge in [0.1, 0.15) is 6.04 Å². The molecule has 0 fully saturated rings. The Balaban J connectivity index is 2.27. The smallest absolute Gasteiger partial charge is 0.243 e. The van der Waals surface area contributed by atoms with Gasteiger partial charge in [-0.25, -0.2) is 0 Å². The van der Waals surface area contributed by atoms with Crippen LogP contribution in [0.15, 0.2) is 48.5 Å². The molecule has 0 aliphatic rings. The van der Waals surface area contributed by atoms with E-state index >= 15 is 0 Å². The molecule has 0 saturated carbocycles. The number of rotatable bonds is 8. The predicted molar refractivity (Wildman–Crippen MR) is 123 cm³/mol. The maximum Gasteiger partial charge on any atom is 0.243 e. The molecule has 0 radical (unpaired) electrons. The van der Waals surface area contributed by atoms with Crippen LogP contribution in [0, 0.1) is 6.92 Å². The van der Waals surface area contributed by atoms with Gasteiger partial charge in [-0.05, 0) is 63.3 Å². The zero-order valence-corrected chi connectivity index (χ0v) is 19.4. The Kier molecular flexibility index (Phi) is 8.48. The first-order chi connectivity index (χ1) is 14.1. The highest BCUT2D eigenvalue weighted by atomic mass is 35.5. The molecule has 162 valence electrons. The van der Waals surface area contributed by atoms with E-state index in [-0.39, 0.29) is 17.4 Å². The summed E-state index contributed by atoms with van der Waals surface area (Å²) in [4.78, 5) is 28.1. The number of carbonyl (C=O) groups excluding carboxylic acids is 2. The number of halogens is 1. The van der Waals surface area contributed by atoms with Crippen LogP contribution in [0.2, 0.25) is 5.02 Å². The first-order valence-corrected chi connectivity index (χ1v) is 10.9. The molecular weight excluding hydrogens is 396 g/mol. The number of hydrogen-bond acceptors (Lipinski definition) is 2. The van der Waals surface area contributed by atoms with Crippen molar-refractivity contribution in [1.29, 1.82) is 0 Å². The van der Waals surface area contributed by atoms with Gasteiger partial charge in [-0.2, -0.15) is 0 Å². The number of carbonyl (C=O) groups is 2. The minimum absolute atomic E-state index is 0.0471. The van der Waals surface area contributed by atoms with Gasteiger partial charge in [-0.15, -0.1) is 0 Å². The molecule has 0 aliphatic heterocycles. The van der Waals surface area contributed by atoms with E-state index < -0.39 is 6.04 Å². The van der Waals surface area contributed by atoms with Crippen molar-refractivity contribution in [2.24, 2.45) is 0 Å². The lowest BCUT2D eigenvalue weighted by Gasteiger charge is -2.33. The third-order valence-corrected chi connectivity index (χ3v) is 5.42. The van der Waals surface area contributed by atoms with Crippen molar-refractivity contribution in [3.05, 3.63) is 70.2 Å². The van der Waals surface area contributed by atoms with Crippen LogP contribution in [0.3, 0.4) is 0 Å². The first kappa shape index (κ1) is 23.9. The molecule has 0 heterocycles. The topological polar surface area (TPSA) is 49.4 Å². The maximum atomic E-state index is 13.3. The second-order valence-electron chi connectivity index (χ2n) is 8.70. The van der Waals surface area contributed by atoms with Gasteiger partial charge in [0.25, 0.3) is 0 Å². The van der Waals surface area contributed by atoms with Gasteiger partial charge in [0.05, 0.1) is 0 Å². The molecule has 1 atom stereocenters. The Morgan fingerprint density at radius 1 is 1.03 bits per heavy atom. The Hall–Kier alpha value is -2.33. The summed E-state index contributed by atoms with van der Waals surface area (Å²) in [7, 11) is 0. The quantitative estimate of drug-likeness (QED) is 0.619. The van der Waals surface area contributed by atoms with Crippen LogP contribution in [-0.2, 0) is 22.6 Å². The van der Waals surface area contributed by atoms with Gasteiger partial charge in [0, 0.05) is 23.5 Å². The van der Waals surface area contributed by atoms with Crippen molar-refractivity contribution in [1.82, 2.24) is 10.2 Å². The molecule has 1 N–H and O–H groups in total. The molecule has 2 aromatic rings. The zero-order valence-electron chi connectivity index (χ0n) is 18.7. The van der Waals surface area contributed by atoms with Gasteiger partial charge in [0.15, 0.2) is 0 Å². The Bertz CT molecular complexity index is 873. The molecule has 0 unspecified atom stereocenters. The average molecular weight is 429 g/mol. The van der Waals surface area contributed by atoms with Crippen molar-refractivity contribution < 1.29 is 9.59 Å². The molecule has 0 aromatic heterocycles.